The molecule has 0 aromatic rings. The lowest BCUT2D eigenvalue weighted by Crippen LogP contribution is -2.29. The second-order valence-electron chi connectivity index (χ2n) is 5.83. The maximum Gasteiger partial charge on any atom is 0.163 e. The van der Waals surface area contributed by atoms with Crippen molar-refractivity contribution in [3.05, 3.63) is 0 Å². The summed E-state index contributed by atoms with van der Waals surface area (Å²) in [6.45, 7) is 9.15. The molecule has 2 aliphatic heterocycles. The molecule has 2 fully saturated rings. The third-order valence-electron chi connectivity index (χ3n) is 3.99. The molecule has 0 aromatic heterocycles. The first-order valence-corrected chi connectivity index (χ1v) is 6.51. The van der Waals surface area contributed by atoms with Gasteiger partial charge in [0.15, 0.2) is 5.79 Å². The molecular formula is C13H24O4. The van der Waals surface area contributed by atoms with Crippen molar-refractivity contribution in [2.45, 2.75) is 58.2 Å². The fourth-order valence-electron chi connectivity index (χ4n) is 2.47. The number of aliphatic hydroxyl groups excluding tert-OH is 1. The van der Waals surface area contributed by atoms with Crippen molar-refractivity contribution in [1.29, 1.82) is 0 Å². The highest BCUT2D eigenvalue weighted by atomic mass is 16.7. The van der Waals surface area contributed by atoms with E-state index in [0.717, 1.165) is 6.42 Å². The second-order valence-corrected chi connectivity index (χ2v) is 5.83. The molecule has 4 nitrogen and oxygen atoms in total. The van der Waals surface area contributed by atoms with Gasteiger partial charge in [0, 0.05) is 0 Å². The molecule has 5 atom stereocenters. The smallest absolute Gasteiger partial charge is 0.163 e. The van der Waals surface area contributed by atoms with Gasteiger partial charge in [-0.1, -0.05) is 13.8 Å². The summed E-state index contributed by atoms with van der Waals surface area (Å²) in [6, 6.07) is 0. The Labute approximate surface area is 103 Å². The normalized spacial score (nSPS) is 39.0. The maximum atomic E-state index is 8.94. The van der Waals surface area contributed by atoms with E-state index in [1.807, 2.05) is 13.8 Å². The van der Waals surface area contributed by atoms with Crippen LogP contribution >= 0.6 is 0 Å². The van der Waals surface area contributed by atoms with Gasteiger partial charge in [-0.05, 0) is 32.1 Å². The van der Waals surface area contributed by atoms with Gasteiger partial charge in [0.25, 0.3) is 0 Å². The van der Waals surface area contributed by atoms with Gasteiger partial charge in [-0.2, -0.15) is 0 Å². The van der Waals surface area contributed by atoms with E-state index in [2.05, 4.69) is 13.8 Å². The fraction of sp³-hybridized carbons (Fsp3) is 1.00. The number of ether oxygens (including phenoxy) is 3. The molecule has 17 heavy (non-hydrogen) atoms. The van der Waals surface area contributed by atoms with Crippen LogP contribution in [0.1, 0.15) is 34.1 Å². The standard InChI is InChI=1S/C13H24O4/c1-8(5-10-11(6-14)16-10)9(2)12-7-15-13(3,4)17-12/h8-12,14H,5-7H2,1-4H3/t8-,9+,10-,11-,12+/m0/s1. The molecule has 0 aliphatic carbocycles. The van der Waals surface area contributed by atoms with Crippen LogP contribution in [0.15, 0.2) is 0 Å². The summed E-state index contributed by atoms with van der Waals surface area (Å²) in [7, 11) is 0. The second kappa shape index (κ2) is 4.84. The minimum Gasteiger partial charge on any atom is -0.394 e. The minimum atomic E-state index is -0.442. The van der Waals surface area contributed by atoms with Gasteiger partial charge in [-0.15, -0.1) is 0 Å². The Hall–Kier alpha value is -0.160. The summed E-state index contributed by atoms with van der Waals surface area (Å²) >= 11 is 0. The predicted molar refractivity (Wildman–Crippen MR) is 63.6 cm³/mol. The zero-order valence-corrected chi connectivity index (χ0v) is 11.2. The largest absolute Gasteiger partial charge is 0.394 e. The summed E-state index contributed by atoms with van der Waals surface area (Å²) in [4.78, 5) is 0. The van der Waals surface area contributed by atoms with Gasteiger partial charge in [0.1, 0.15) is 6.10 Å². The zero-order valence-electron chi connectivity index (χ0n) is 11.2. The van der Waals surface area contributed by atoms with Crippen LogP contribution in [0.2, 0.25) is 0 Å². The zero-order chi connectivity index (χ0) is 12.6. The Morgan fingerprint density at radius 2 is 2.00 bits per heavy atom. The van der Waals surface area contributed by atoms with E-state index in [9.17, 15) is 0 Å². The van der Waals surface area contributed by atoms with Crippen molar-refractivity contribution in [3.63, 3.8) is 0 Å². The van der Waals surface area contributed by atoms with Crippen molar-refractivity contribution in [3.8, 4) is 0 Å². The van der Waals surface area contributed by atoms with E-state index >= 15 is 0 Å². The highest BCUT2D eigenvalue weighted by Crippen LogP contribution is 2.35. The Kier molecular flexibility index (Phi) is 3.78. The highest BCUT2D eigenvalue weighted by molar-refractivity contribution is 4.88. The molecule has 1 N–H and O–H groups in total. The molecule has 2 rings (SSSR count). The third kappa shape index (κ3) is 3.19. The Morgan fingerprint density at radius 3 is 2.47 bits per heavy atom. The summed E-state index contributed by atoms with van der Waals surface area (Å²) in [5.74, 6) is 0.516. The molecule has 0 bridgehead atoms. The summed E-state index contributed by atoms with van der Waals surface area (Å²) in [6.07, 6.45) is 1.48. The van der Waals surface area contributed by atoms with Crippen LogP contribution < -0.4 is 0 Å². The average molecular weight is 244 g/mol. The van der Waals surface area contributed by atoms with E-state index in [0.29, 0.717) is 18.4 Å². The molecule has 0 aromatic carbocycles. The molecule has 0 radical (unpaired) electrons. The minimum absolute atomic E-state index is 0.0711. The molecule has 2 heterocycles. The van der Waals surface area contributed by atoms with E-state index in [4.69, 9.17) is 19.3 Å². The van der Waals surface area contributed by atoms with Crippen molar-refractivity contribution in [2.75, 3.05) is 13.2 Å². The van der Waals surface area contributed by atoms with Crippen molar-refractivity contribution in [1.82, 2.24) is 0 Å². The molecule has 2 aliphatic rings. The molecule has 2 saturated heterocycles. The molecule has 0 spiro atoms. The summed E-state index contributed by atoms with van der Waals surface area (Å²) in [5, 5.41) is 8.94. The monoisotopic (exact) mass is 244 g/mol. The van der Waals surface area contributed by atoms with E-state index < -0.39 is 5.79 Å². The van der Waals surface area contributed by atoms with Gasteiger partial charge in [0.2, 0.25) is 0 Å². The number of hydrogen-bond donors (Lipinski definition) is 1. The quantitative estimate of drug-likeness (QED) is 0.746. The molecule has 4 heteroatoms. The van der Waals surface area contributed by atoms with Crippen LogP contribution in [0.25, 0.3) is 0 Å². The van der Waals surface area contributed by atoms with E-state index in [1.165, 1.54) is 0 Å². The van der Waals surface area contributed by atoms with Crippen LogP contribution in [0.4, 0.5) is 0 Å². The lowest BCUT2D eigenvalue weighted by molar-refractivity contribution is -0.145. The Balaban J connectivity index is 1.77. The van der Waals surface area contributed by atoms with Gasteiger partial charge in [0.05, 0.1) is 25.4 Å². The first-order valence-electron chi connectivity index (χ1n) is 6.51. The van der Waals surface area contributed by atoms with Crippen molar-refractivity contribution >= 4 is 0 Å². The summed E-state index contributed by atoms with van der Waals surface area (Å²) < 4.78 is 16.8. The maximum absolute atomic E-state index is 8.94. The van der Waals surface area contributed by atoms with Crippen LogP contribution in [0.5, 0.6) is 0 Å². The van der Waals surface area contributed by atoms with Crippen molar-refractivity contribution < 1.29 is 19.3 Å². The SMILES string of the molecule is C[C@H]([C@@H](C)C[C@@H]1O[C@H]1CO)[C@H]1COC(C)(C)O1. The fourth-order valence-corrected chi connectivity index (χ4v) is 2.47. The van der Waals surface area contributed by atoms with Gasteiger partial charge in [-0.3, -0.25) is 0 Å². The van der Waals surface area contributed by atoms with E-state index in [-0.39, 0.29) is 24.9 Å². The van der Waals surface area contributed by atoms with Gasteiger partial charge >= 0.3 is 0 Å². The number of hydrogen-bond acceptors (Lipinski definition) is 4. The third-order valence-corrected chi connectivity index (χ3v) is 3.99. The molecular weight excluding hydrogens is 220 g/mol. The van der Waals surface area contributed by atoms with Crippen LogP contribution in [0.3, 0.4) is 0 Å². The lowest BCUT2D eigenvalue weighted by atomic mass is 9.87. The van der Waals surface area contributed by atoms with Gasteiger partial charge in [-0.25, -0.2) is 0 Å². The Bertz CT molecular complexity index is 266. The highest BCUT2D eigenvalue weighted by Gasteiger charge is 2.42. The molecule has 0 saturated carbocycles. The summed E-state index contributed by atoms with van der Waals surface area (Å²) in [5.41, 5.74) is 0. The molecule has 0 amide bonds. The predicted octanol–water partition coefficient (Wildman–Crippen LogP) is 1.56. The molecule has 100 valence electrons. The van der Waals surface area contributed by atoms with Gasteiger partial charge < -0.3 is 19.3 Å². The molecule has 0 unspecified atom stereocenters. The lowest BCUT2D eigenvalue weighted by Gasteiger charge is -2.25. The topological polar surface area (TPSA) is 51.2 Å². The van der Waals surface area contributed by atoms with Crippen LogP contribution in [-0.2, 0) is 14.2 Å². The van der Waals surface area contributed by atoms with Crippen LogP contribution in [0, 0.1) is 11.8 Å². The Morgan fingerprint density at radius 1 is 1.29 bits per heavy atom. The number of rotatable bonds is 5. The van der Waals surface area contributed by atoms with E-state index in [1.54, 1.807) is 0 Å². The number of epoxide rings is 1. The average Bonchev–Trinajstić information content (AvgIpc) is 2.92. The first-order chi connectivity index (χ1) is 7.93. The first kappa shape index (κ1) is 13.3. The number of aliphatic hydroxyl groups is 1. The van der Waals surface area contributed by atoms with Crippen molar-refractivity contribution in [2.24, 2.45) is 11.8 Å². The van der Waals surface area contributed by atoms with Crippen LogP contribution in [-0.4, -0.2) is 42.4 Å².